The lowest BCUT2D eigenvalue weighted by molar-refractivity contribution is 0.113. The highest BCUT2D eigenvalue weighted by atomic mass is 19.3. The molecule has 0 atom stereocenters. The predicted octanol–water partition coefficient (Wildman–Crippen LogP) is 2.32. The summed E-state index contributed by atoms with van der Waals surface area (Å²) in [6, 6.07) is 0. The molecule has 0 saturated heterocycles. The smallest absolute Gasteiger partial charge is 0.245 e. The summed E-state index contributed by atoms with van der Waals surface area (Å²) in [5.74, 6) is 0. The molecule has 0 N–H and O–H groups in total. The average Bonchev–Trinajstić information content (AvgIpc) is 1.69. The number of rotatable bonds is 1. The van der Waals surface area contributed by atoms with Gasteiger partial charge in [-0.15, -0.1) is 0 Å². The molecule has 0 aliphatic carbocycles. The van der Waals surface area contributed by atoms with Gasteiger partial charge in [-0.2, -0.15) is 0 Å². The molecule has 0 aromatic carbocycles. The normalized spacial score (nSPS) is 7.62. The van der Waals surface area contributed by atoms with Crippen LogP contribution in [0.25, 0.3) is 0 Å². The molecule has 0 aliphatic heterocycles. The second-order valence-electron chi connectivity index (χ2n) is 0.700. The molecule has 0 fully saturated rings. The van der Waals surface area contributed by atoms with E-state index in [4.69, 9.17) is 0 Å². The van der Waals surface area contributed by atoms with Gasteiger partial charge in [0.1, 0.15) is 0 Å². The molecular weight excluding hydrogens is 124 g/mol. The van der Waals surface area contributed by atoms with Gasteiger partial charge in [0.15, 0.2) is 6.67 Å². The number of hydrogen-bond acceptors (Lipinski definition) is 0. The van der Waals surface area contributed by atoms with E-state index in [0.717, 1.165) is 0 Å². The Morgan fingerprint density at radius 1 is 1.50 bits per heavy atom. The van der Waals surface area contributed by atoms with Crippen LogP contribution < -0.4 is 0 Å². The van der Waals surface area contributed by atoms with Gasteiger partial charge < -0.3 is 0 Å². The molecule has 0 aliphatic rings. The van der Waals surface area contributed by atoms with E-state index in [0.29, 0.717) is 0 Å². The number of alkyl halides is 3. The van der Waals surface area contributed by atoms with Gasteiger partial charge in [0.25, 0.3) is 6.43 Å². The second kappa shape index (κ2) is 9.68. The Hall–Kier alpha value is -0.540. The summed E-state index contributed by atoms with van der Waals surface area (Å²) in [6.07, 6.45) is -2.53. The van der Waals surface area contributed by atoms with E-state index in [9.17, 15) is 17.6 Å². The first-order valence-corrected chi connectivity index (χ1v) is 1.74. The zero-order chi connectivity index (χ0) is 6.99. The van der Waals surface area contributed by atoms with E-state index in [1.54, 1.807) is 0 Å². The van der Waals surface area contributed by atoms with Crippen LogP contribution in [0.3, 0.4) is 0 Å². The lowest BCUT2D eigenvalue weighted by atomic mass is 10.8. The molecule has 0 radical (unpaired) electrons. The lowest BCUT2D eigenvalue weighted by Gasteiger charge is -1.78. The minimum absolute atomic E-state index is 0.250. The van der Waals surface area contributed by atoms with Gasteiger partial charge in [-0.25, -0.2) is 17.6 Å². The topological polar surface area (TPSA) is 0 Å². The first-order valence-electron chi connectivity index (χ1n) is 1.74. The maximum absolute atomic E-state index is 10.4. The van der Waals surface area contributed by atoms with E-state index >= 15 is 0 Å². The summed E-state index contributed by atoms with van der Waals surface area (Å²) in [6.45, 7) is 1.17. The van der Waals surface area contributed by atoms with Crippen LogP contribution in [0.1, 0.15) is 0 Å². The third-order valence-electron chi connectivity index (χ3n) is 0.117. The van der Waals surface area contributed by atoms with Crippen molar-refractivity contribution in [2.45, 2.75) is 6.43 Å². The van der Waals surface area contributed by atoms with Crippen LogP contribution in [0, 0.1) is 0 Å². The largest absolute Gasteiger partial charge is 0.266 e. The van der Waals surface area contributed by atoms with E-state index in [2.05, 4.69) is 6.58 Å². The van der Waals surface area contributed by atoms with Gasteiger partial charge >= 0.3 is 0 Å². The van der Waals surface area contributed by atoms with Crippen LogP contribution in [0.4, 0.5) is 17.6 Å². The van der Waals surface area contributed by atoms with Crippen molar-refractivity contribution in [3.63, 3.8) is 0 Å². The van der Waals surface area contributed by atoms with Crippen molar-refractivity contribution >= 4 is 0 Å². The second-order valence-corrected chi connectivity index (χ2v) is 0.700. The maximum atomic E-state index is 10.4. The molecule has 0 amide bonds. The molecule has 0 spiro atoms. The summed E-state index contributed by atoms with van der Waals surface area (Å²) in [4.78, 5) is 0. The van der Waals surface area contributed by atoms with Gasteiger partial charge in [-0.05, 0) is 0 Å². The van der Waals surface area contributed by atoms with Crippen LogP contribution in [-0.2, 0) is 0 Å². The minimum Gasteiger partial charge on any atom is -0.245 e. The summed E-state index contributed by atoms with van der Waals surface area (Å²) in [5, 5.41) is 0. The highest BCUT2D eigenvalue weighted by Gasteiger charge is 1.95. The highest BCUT2D eigenvalue weighted by Crippen LogP contribution is 1.88. The maximum Gasteiger partial charge on any atom is 0.266 e. The van der Waals surface area contributed by atoms with Gasteiger partial charge in [0, 0.05) is 0 Å². The molecule has 0 rings (SSSR count). The van der Waals surface area contributed by atoms with Crippen LogP contribution >= 0.6 is 0 Å². The average molecular weight is 130 g/mol. The third kappa shape index (κ3) is 51.0. The van der Waals surface area contributed by atoms with Crippen molar-refractivity contribution in [3.8, 4) is 0 Å². The minimum atomic E-state index is -2.78. The number of halogens is 4. The Morgan fingerprint density at radius 2 is 1.62 bits per heavy atom. The van der Waals surface area contributed by atoms with Crippen molar-refractivity contribution < 1.29 is 17.6 Å². The quantitative estimate of drug-likeness (QED) is 0.478. The van der Waals surface area contributed by atoms with Crippen LogP contribution in [0.5, 0.6) is 0 Å². The summed E-state index contributed by atoms with van der Waals surface area (Å²) in [5.41, 5.74) is 0. The van der Waals surface area contributed by atoms with Crippen molar-refractivity contribution in [1.29, 1.82) is 0 Å². The fourth-order valence-electron chi connectivity index (χ4n) is 0. The van der Waals surface area contributed by atoms with Crippen LogP contribution in [-0.4, -0.2) is 13.1 Å². The summed E-state index contributed by atoms with van der Waals surface area (Å²) < 4.78 is 41.2. The molecule has 0 saturated carbocycles. The zero-order valence-electron chi connectivity index (χ0n) is 4.08. The first kappa shape index (κ1) is 10.4. The van der Waals surface area contributed by atoms with Crippen molar-refractivity contribution in [1.82, 2.24) is 0 Å². The molecule has 0 heterocycles. The standard InChI is InChI=1S/C2H3F3.C2H3F/c3-1-2(4)5;1-2-3/h2H,1H2;2H,1H2. The first-order chi connectivity index (χ1) is 3.68. The molecule has 50 valence electrons. The van der Waals surface area contributed by atoms with Crippen molar-refractivity contribution in [2.75, 3.05) is 6.67 Å². The Labute approximate surface area is 44.8 Å². The number of hydrogen-bond donors (Lipinski definition) is 0. The van der Waals surface area contributed by atoms with Gasteiger partial charge in [0.05, 0.1) is 6.33 Å². The van der Waals surface area contributed by atoms with Gasteiger partial charge in [0.2, 0.25) is 0 Å². The van der Waals surface area contributed by atoms with Gasteiger partial charge in [-0.1, -0.05) is 6.58 Å². The Balaban J connectivity index is 0. The molecule has 0 aromatic rings. The van der Waals surface area contributed by atoms with E-state index in [1.807, 2.05) is 0 Å². The summed E-state index contributed by atoms with van der Waals surface area (Å²) in [7, 11) is 0. The fraction of sp³-hybridized carbons (Fsp3) is 0.500. The van der Waals surface area contributed by atoms with Crippen molar-refractivity contribution in [2.24, 2.45) is 0 Å². The van der Waals surface area contributed by atoms with Crippen molar-refractivity contribution in [3.05, 3.63) is 12.9 Å². The molecule has 8 heavy (non-hydrogen) atoms. The molecule has 0 aromatic heterocycles. The van der Waals surface area contributed by atoms with E-state index in [1.165, 1.54) is 0 Å². The van der Waals surface area contributed by atoms with Crippen LogP contribution in [0.15, 0.2) is 12.9 Å². The summed E-state index contributed by atoms with van der Waals surface area (Å²) >= 11 is 0. The predicted molar refractivity (Wildman–Crippen MR) is 23.3 cm³/mol. The Bertz CT molecular complexity index is 43.3. The fourth-order valence-corrected chi connectivity index (χ4v) is 0. The molecule has 0 bridgehead atoms. The Morgan fingerprint density at radius 3 is 1.62 bits per heavy atom. The monoisotopic (exact) mass is 130 g/mol. The molecule has 4 heteroatoms. The highest BCUT2D eigenvalue weighted by molar-refractivity contribution is 4.39. The SMILES string of the molecule is C=CF.FCC(F)F. The third-order valence-corrected chi connectivity index (χ3v) is 0.117. The lowest BCUT2D eigenvalue weighted by Crippen LogP contribution is -1.88. The molecule has 0 unspecified atom stereocenters. The molecular formula is C4H6F4. The molecule has 0 nitrogen and oxygen atoms in total. The van der Waals surface area contributed by atoms with E-state index in [-0.39, 0.29) is 6.33 Å². The Kier molecular flexibility index (Phi) is 12.6. The van der Waals surface area contributed by atoms with E-state index < -0.39 is 13.1 Å². The van der Waals surface area contributed by atoms with Crippen LogP contribution in [0.2, 0.25) is 0 Å². The van der Waals surface area contributed by atoms with Gasteiger partial charge in [-0.3, -0.25) is 0 Å². The zero-order valence-corrected chi connectivity index (χ0v) is 4.08.